The molecule has 3 rings (SSSR count). The van der Waals surface area contributed by atoms with Gasteiger partial charge in [-0.15, -0.1) is 0 Å². The molecule has 0 unspecified atom stereocenters. The Kier molecular flexibility index (Phi) is 5.34. The van der Waals surface area contributed by atoms with Gasteiger partial charge in [0.15, 0.2) is 0 Å². The van der Waals surface area contributed by atoms with Crippen LogP contribution < -0.4 is 4.74 Å². The Balaban J connectivity index is 1.82. The zero-order valence-corrected chi connectivity index (χ0v) is 14.6. The predicted octanol–water partition coefficient (Wildman–Crippen LogP) is 5.98. The number of allylic oxidation sites excluding steroid dienone is 7. The van der Waals surface area contributed by atoms with Crippen LogP contribution in [0.3, 0.4) is 0 Å². The van der Waals surface area contributed by atoms with E-state index >= 15 is 0 Å². The highest BCUT2D eigenvalue weighted by Gasteiger charge is 2.09. The van der Waals surface area contributed by atoms with Gasteiger partial charge in [0.1, 0.15) is 18.1 Å². The highest BCUT2D eigenvalue weighted by molar-refractivity contribution is 9.10. The number of hydrogen-bond acceptors (Lipinski definition) is 2. The minimum absolute atomic E-state index is 0.167. The summed E-state index contributed by atoms with van der Waals surface area (Å²) in [6.07, 6.45) is 11.5. The Morgan fingerprint density at radius 2 is 1.79 bits per heavy atom. The van der Waals surface area contributed by atoms with Crippen LogP contribution in [-0.4, -0.2) is 5.11 Å². The van der Waals surface area contributed by atoms with Crippen LogP contribution in [0.25, 0.3) is 5.76 Å². The second kappa shape index (κ2) is 7.84. The van der Waals surface area contributed by atoms with Crippen molar-refractivity contribution in [1.82, 2.24) is 0 Å². The van der Waals surface area contributed by atoms with Gasteiger partial charge in [-0.25, -0.2) is 0 Å². The fourth-order valence-electron chi connectivity index (χ4n) is 2.33. The first kappa shape index (κ1) is 16.3. The number of aliphatic hydroxyl groups excluding tert-OH is 1. The van der Waals surface area contributed by atoms with Crippen molar-refractivity contribution in [1.29, 1.82) is 0 Å². The van der Waals surface area contributed by atoms with Gasteiger partial charge in [-0.1, -0.05) is 76.6 Å². The molecule has 0 radical (unpaired) electrons. The molecule has 2 nitrogen and oxygen atoms in total. The summed E-state index contributed by atoms with van der Waals surface area (Å²) in [5.74, 6) is 0.812. The lowest BCUT2D eigenvalue weighted by molar-refractivity contribution is 0.303. The van der Waals surface area contributed by atoms with Crippen molar-refractivity contribution in [3.8, 4) is 5.75 Å². The van der Waals surface area contributed by atoms with E-state index in [-0.39, 0.29) is 5.76 Å². The molecule has 1 aliphatic rings. The Morgan fingerprint density at radius 1 is 1.04 bits per heavy atom. The lowest BCUT2D eigenvalue weighted by Gasteiger charge is -2.11. The first-order chi connectivity index (χ1) is 11.7. The van der Waals surface area contributed by atoms with Crippen LogP contribution in [0, 0.1) is 0 Å². The number of halogens is 1. The topological polar surface area (TPSA) is 29.5 Å². The Hall–Kier alpha value is -2.52. The summed E-state index contributed by atoms with van der Waals surface area (Å²) in [6, 6.07) is 15.6. The molecule has 24 heavy (non-hydrogen) atoms. The lowest BCUT2D eigenvalue weighted by Crippen LogP contribution is -1.98. The van der Waals surface area contributed by atoms with E-state index in [9.17, 15) is 5.11 Å². The molecule has 0 saturated carbocycles. The normalized spacial score (nSPS) is 13.4. The van der Waals surface area contributed by atoms with E-state index in [1.807, 2.05) is 78.9 Å². The van der Waals surface area contributed by atoms with Crippen molar-refractivity contribution in [3.63, 3.8) is 0 Å². The Bertz CT molecular complexity index is 816. The minimum atomic E-state index is 0.167. The van der Waals surface area contributed by atoms with E-state index in [0.29, 0.717) is 17.9 Å². The smallest absolute Gasteiger partial charge is 0.130 e. The molecule has 3 heteroatoms. The molecule has 0 saturated heterocycles. The molecule has 0 aliphatic heterocycles. The average Bonchev–Trinajstić information content (AvgIpc) is 3.13. The summed E-state index contributed by atoms with van der Waals surface area (Å²) in [5.41, 5.74) is 2.78. The zero-order valence-electron chi connectivity index (χ0n) is 13.0. The van der Waals surface area contributed by atoms with Crippen molar-refractivity contribution in [2.75, 3.05) is 0 Å². The maximum atomic E-state index is 10.5. The van der Waals surface area contributed by atoms with Gasteiger partial charge in [0.05, 0.1) is 5.56 Å². The zero-order chi connectivity index (χ0) is 16.8. The summed E-state index contributed by atoms with van der Waals surface area (Å²) in [6.45, 7) is 0.454. The molecule has 2 aromatic rings. The van der Waals surface area contributed by atoms with Crippen LogP contribution >= 0.6 is 15.9 Å². The summed E-state index contributed by atoms with van der Waals surface area (Å²) in [4.78, 5) is 0. The third-order valence-corrected chi connectivity index (χ3v) is 4.07. The summed E-state index contributed by atoms with van der Waals surface area (Å²) >= 11 is 3.45. The van der Waals surface area contributed by atoms with E-state index in [1.54, 1.807) is 6.08 Å². The van der Waals surface area contributed by atoms with Crippen molar-refractivity contribution in [2.24, 2.45) is 0 Å². The fourth-order valence-corrected chi connectivity index (χ4v) is 2.69. The number of aliphatic hydroxyl groups is 1. The van der Waals surface area contributed by atoms with Crippen molar-refractivity contribution < 1.29 is 9.84 Å². The van der Waals surface area contributed by atoms with Gasteiger partial charge in [-0.3, -0.25) is 0 Å². The molecule has 0 spiro atoms. The highest BCUT2D eigenvalue weighted by atomic mass is 79.9. The minimum Gasteiger partial charge on any atom is -0.507 e. The van der Waals surface area contributed by atoms with E-state index in [1.165, 1.54) is 0 Å². The van der Waals surface area contributed by atoms with Gasteiger partial charge in [-0.05, 0) is 35.4 Å². The SMILES string of the molecule is O/C(=C\C=C1C=CC=C1)c1cc(Br)ccc1OCc1ccccc1. The van der Waals surface area contributed by atoms with Gasteiger partial charge in [0.2, 0.25) is 0 Å². The Labute approximate surface area is 150 Å². The van der Waals surface area contributed by atoms with E-state index < -0.39 is 0 Å². The molecule has 0 bridgehead atoms. The molecule has 0 fully saturated rings. The van der Waals surface area contributed by atoms with E-state index in [4.69, 9.17) is 4.74 Å². The molecule has 0 atom stereocenters. The first-order valence-electron chi connectivity index (χ1n) is 7.65. The molecule has 120 valence electrons. The van der Waals surface area contributed by atoms with Crippen molar-refractivity contribution >= 4 is 21.7 Å². The van der Waals surface area contributed by atoms with Gasteiger partial charge in [0.25, 0.3) is 0 Å². The van der Waals surface area contributed by atoms with Crippen LogP contribution in [0.2, 0.25) is 0 Å². The first-order valence-corrected chi connectivity index (χ1v) is 8.44. The summed E-state index contributed by atoms with van der Waals surface area (Å²) in [7, 11) is 0. The quantitative estimate of drug-likeness (QED) is 0.646. The van der Waals surface area contributed by atoms with Gasteiger partial charge in [-0.2, -0.15) is 0 Å². The molecular formula is C21H17BrO2. The summed E-state index contributed by atoms with van der Waals surface area (Å²) < 4.78 is 6.79. The maximum Gasteiger partial charge on any atom is 0.130 e. The summed E-state index contributed by atoms with van der Waals surface area (Å²) in [5, 5.41) is 10.5. The number of rotatable bonds is 5. The third kappa shape index (κ3) is 4.27. The van der Waals surface area contributed by atoms with Crippen molar-refractivity contribution in [3.05, 3.63) is 106 Å². The van der Waals surface area contributed by atoms with E-state index in [0.717, 1.165) is 15.6 Å². The van der Waals surface area contributed by atoms with E-state index in [2.05, 4.69) is 15.9 Å². The molecule has 0 heterocycles. The third-order valence-electron chi connectivity index (χ3n) is 3.58. The highest BCUT2D eigenvalue weighted by Crippen LogP contribution is 2.29. The van der Waals surface area contributed by atoms with Gasteiger partial charge < -0.3 is 9.84 Å². The van der Waals surface area contributed by atoms with Crippen molar-refractivity contribution in [2.45, 2.75) is 6.61 Å². The standard InChI is InChI=1S/C21H17BrO2/c22-18-11-13-21(24-15-17-8-2-1-3-9-17)19(14-18)20(23)12-10-16-6-4-5-7-16/h1-14,23H,15H2/b20-12-. The van der Waals surface area contributed by atoms with Gasteiger partial charge >= 0.3 is 0 Å². The molecule has 0 amide bonds. The van der Waals surface area contributed by atoms with Crippen LogP contribution in [0.1, 0.15) is 11.1 Å². The predicted molar refractivity (Wildman–Crippen MR) is 102 cm³/mol. The largest absolute Gasteiger partial charge is 0.507 e. The van der Waals surface area contributed by atoms with Gasteiger partial charge in [0, 0.05) is 4.47 Å². The second-order valence-electron chi connectivity index (χ2n) is 5.35. The molecule has 1 N–H and O–H groups in total. The molecule has 2 aromatic carbocycles. The molecule has 0 aromatic heterocycles. The number of ether oxygens (including phenoxy) is 1. The van der Waals surface area contributed by atoms with Crippen LogP contribution in [0.4, 0.5) is 0 Å². The lowest BCUT2D eigenvalue weighted by atomic mass is 10.1. The second-order valence-corrected chi connectivity index (χ2v) is 6.27. The fraction of sp³-hybridized carbons (Fsp3) is 0.0476. The van der Waals surface area contributed by atoms with Crippen LogP contribution in [0.5, 0.6) is 5.75 Å². The average molecular weight is 381 g/mol. The monoisotopic (exact) mass is 380 g/mol. The number of benzene rings is 2. The number of hydrogen-bond donors (Lipinski definition) is 1. The maximum absolute atomic E-state index is 10.5. The molecular weight excluding hydrogens is 364 g/mol. The van der Waals surface area contributed by atoms with Crippen LogP contribution in [-0.2, 0) is 6.61 Å². The Morgan fingerprint density at radius 3 is 2.54 bits per heavy atom. The molecule has 1 aliphatic carbocycles. The van der Waals surface area contributed by atoms with Crippen LogP contribution in [0.15, 0.2) is 95.0 Å².